The lowest BCUT2D eigenvalue weighted by Gasteiger charge is -2.14. The molecule has 4 nitrogen and oxygen atoms in total. The molecule has 92 valence electrons. The molecule has 0 bridgehead atoms. The van der Waals surface area contributed by atoms with Crippen LogP contribution in [0.5, 0.6) is 0 Å². The molecule has 0 saturated heterocycles. The highest BCUT2D eigenvalue weighted by molar-refractivity contribution is 5.28. The SMILES string of the molecule is CCCNc1nc(C)cn1CC(C)OCC. The van der Waals surface area contributed by atoms with Gasteiger partial charge >= 0.3 is 0 Å². The van der Waals surface area contributed by atoms with Crippen molar-refractivity contribution >= 4 is 5.95 Å². The fraction of sp³-hybridized carbons (Fsp3) is 0.750. The monoisotopic (exact) mass is 225 g/mol. The van der Waals surface area contributed by atoms with E-state index in [9.17, 15) is 0 Å². The summed E-state index contributed by atoms with van der Waals surface area (Å²) < 4.78 is 7.67. The average Bonchev–Trinajstić information content (AvgIpc) is 2.56. The van der Waals surface area contributed by atoms with Gasteiger partial charge in [-0.25, -0.2) is 4.98 Å². The number of nitrogens with one attached hydrogen (secondary N) is 1. The third-order valence-electron chi connectivity index (χ3n) is 2.34. The molecule has 1 rings (SSSR count). The maximum Gasteiger partial charge on any atom is 0.203 e. The maximum atomic E-state index is 5.54. The van der Waals surface area contributed by atoms with Gasteiger partial charge < -0.3 is 14.6 Å². The van der Waals surface area contributed by atoms with E-state index < -0.39 is 0 Å². The van der Waals surface area contributed by atoms with E-state index in [0.29, 0.717) is 0 Å². The first-order valence-electron chi connectivity index (χ1n) is 6.06. The molecule has 1 aromatic rings. The summed E-state index contributed by atoms with van der Waals surface area (Å²) in [6.07, 6.45) is 3.39. The van der Waals surface area contributed by atoms with Crippen LogP contribution in [0.1, 0.15) is 32.9 Å². The molecule has 4 heteroatoms. The van der Waals surface area contributed by atoms with Gasteiger partial charge in [0.05, 0.1) is 18.3 Å². The summed E-state index contributed by atoms with van der Waals surface area (Å²) in [5.41, 5.74) is 1.04. The molecule has 0 aliphatic carbocycles. The van der Waals surface area contributed by atoms with Crippen molar-refractivity contribution in [2.24, 2.45) is 0 Å². The van der Waals surface area contributed by atoms with Crippen LogP contribution in [-0.4, -0.2) is 28.8 Å². The van der Waals surface area contributed by atoms with E-state index in [-0.39, 0.29) is 6.10 Å². The fourth-order valence-electron chi connectivity index (χ4n) is 1.68. The van der Waals surface area contributed by atoms with Crippen molar-refractivity contribution in [2.45, 2.75) is 46.8 Å². The van der Waals surface area contributed by atoms with Gasteiger partial charge in [-0.15, -0.1) is 0 Å². The highest BCUT2D eigenvalue weighted by atomic mass is 16.5. The lowest BCUT2D eigenvalue weighted by atomic mass is 10.4. The molecule has 0 fully saturated rings. The Kier molecular flexibility index (Phi) is 5.32. The fourth-order valence-corrected chi connectivity index (χ4v) is 1.68. The molecular weight excluding hydrogens is 202 g/mol. The quantitative estimate of drug-likeness (QED) is 0.774. The zero-order chi connectivity index (χ0) is 12.0. The number of rotatable bonds is 7. The molecule has 1 N–H and O–H groups in total. The van der Waals surface area contributed by atoms with Gasteiger partial charge in [0.1, 0.15) is 0 Å². The molecule has 0 spiro atoms. The molecule has 0 saturated carbocycles. The molecule has 16 heavy (non-hydrogen) atoms. The predicted octanol–water partition coefficient (Wildman–Crippen LogP) is 2.44. The molecule has 0 aliphatic heterocycles. The van der Waals surface area contributed by atoms with Gasteiger partial charge in [-0.1, -0.05) is 6.92 Å². The predicted molar refractivity (Wildman–Crippen MR) is 66.8 cm³/mol. The third-order valence-corrected chi connectivity index (χ3v) is 2.34. The summed E-state index contributed by atoms with van der Waals surface area (Å²) in [5.74, 6) is 0.950. The smallest absolute Gasteiger partial charge is 0.203 e. The number of aryl methyl sites for hydroxylation is 1. The van der Waals surface area contributed by atoms with Crippen molar-refractivity contribution in [3.8, 4) is 0 Å². The minimum Gasteiger partial charge on any atom is -0.377 e. The molecule has 0 aromatic carbocycles. The Morgan fingerprint density at radius 2 is 2.25 bits per heavy atom. The summed E-state index contributed by atoms with van der Waals surface area (Å²) in [7, 11) is 0. The van der Waals surface area contributed by atoms with Gasteiger partial charge in [-0.2, -0.15) is 0 Å². The average molecular weight is 225 g/mol. The van der Waals surface area contributed by atoms with Crippen LogP contribution in [0, 0.1) is 6.92 Å². The highest BCUT2D eigenvalue weighted by Crippen LogP contribution is 2.10. The van der Waals surface area contributed by atoms with Crippen LogP contribution in [0.4, 0.5) is 5.95 Å². The molecule has 1 heterocycles. The number of imidazole rings is 1. The van der Waals surface area contributed by atoms with Gasteiger partial charge in [-0.3, -0.25) is 0 Å². The number of hydrogen-bond donors (Lipinski definition) is 1. The van der Waals surface area contributed by atoms with E-state index >= 15 is 0 Å². The van der Waals surface area contributed by atoms with Crippen LogP contribution >= 0.6 is 0 Å². The first kappa shape index (κ1) is 13.0. The van der Waals surface area contributed by atoms with E-state index in [0.717, 1.165) is 37.8 Å². The minimum atomic E-state index is 0.223. The topological polar surface area (TPSA) is 39.1 Å². The molecule has 0 radical (unpaired) electrons. The summed E-state index contributed by atoms with van der Waals surface area (Å²) in [4.78, 5) is 4.46. The van der Waals surface area contributed by atoms with Gasteiger partial charge in [0.25, 0.3) is 0 Å². The number of hydrogen-bond acceptors (Lipinski definition) is 3. The molecule has 1 aromatic heterocycles. The second-order valence-corrected chi connectivity index (χ2v) is 4.05. The first-order chi connectivity index (χ1) is 7.67. The minimum absolute atomic E-state index is 0.223. The number of ether oxygens (including phenoxy) is 1. The Labute approximate surface area is 98.0 Å². The summed E-state index contributed by atoms with van der Waals surface area (Å²) in [6, 6.07) is 0. The van der Waals surface area contributed by atoms with Crippen molar-refractivity contribution in [1.29, 1.82) is 0 Å². The Hall–Kier alpha value is -1.03. The van der Waals surface area contributed by atoms with Gasteiger partial charge in [0.2, 0.25) is 5.95 Å². The first-order valence-corrected chi connectivity index (χ1v) is 6.06. The van der Waals surface area contributed by atoms with Crippen LogP contribution in [-0.2, 0) is 11.3 Å². The molecule has 1 atom stereocenters. The van der Waals surface area contributed by atoms with Crippen LogP contribution in [0.25, 0.3) is 0 Å². The standard InChI is InChI=1S/C12H23N3O/c1-5-7-13-12-14-10(3)8-15(12)9-11(4)16-6-2/h8,11H,5-7,9H2,1-4H3,(H,13,14). The lowest BCUT2D eigenvalue weighted by molar-refractivity contribution is 0.0644. The van der Waals surface area contributed by atoms with Crippen LogP contribution in [0.2, 0.25) is 0 Å². The Balaban J connectivity index is 2.62. The second-order valence-electron chi connectivity index (χ2n) is 4.05. The normalized spacial score (nSPS) is 12.8. The molecular formula is C12H23N3O. The van der Waals surface area contributed by atoms with E-state index in [1.807, 2.05) is 13.8 Å². The van der Waals surface area contributed by atoms with E-state index in [4.69, 9.17) is 4.74 Å². The zero-order valence-electron chi connectivity index (χ0n) is 10.8. The largest absolute Gasteiger partial charge is 0.377 e. The van der Waals surface area contributed by atoms with Crippen molar-refractivity contribution < 1.29 is 4.74 Å². The van der Waals surface area contributed by atoms with Crippen molar-refractivity contribution in [3.05, 3.63) is 11.9 Å². The van der Waals surface area contributed by atoms with Crippen molar-refractivity contribution in [3.63, 3.8) is 0 Å². The van der Waals surface area contributed by atoms with Crippen LogP contribution in [0.3, 0.4) is 0 Å². The van der Waals surface area contributed by atoms with Gasteiger partial charge in [0, 0.05) is 19.3 Å². The van der Waals surface area contributed by atoms with Gasteiger partial charge in [0.15, 0.2) is 0 Å². The number of aromatic nitrogens is 2. The Morgan fingerprint density at radius 1 is 1.50 bits per heavy atom. The molecule has 0 amide bonds. The van der Waals surface area contributed by atoms with Crippen molar-refractivity contribution in [1.82, 2.24) is 9.55 Å². The van der Waals surface area contributed by atoms with Crippen molar-refractivity contribution in [2.75, 3.05) is 18.5 Å². The highest BCUT2D eigenvalue weighted by Gasteiger charge is 2.08. The van der Waals surface area contributed by atoms with Crippen LogP contribution < -0.4 is 5.32 Å². The maximum absolute atomic E-state index is 5.54. The summed E-state index contributed by atoms with van der Waals surface area (Å²) in [5, 5.41) is 3.33. The molecule has 1 unspecified atom stereocenters. The summed E-state index contributed by atoms with van der Waals surface area (Å²) >= 11 is 0. The van der Waals surface area contributed by atoms with E-state index in [1.54, 1.807) is 0 Å². The zero-order valence-corrected chi connectivity index (χ0v) is 10.8. The summed E-state index contributed by atoms with van der Waals surface area (Å²) in [6.45, 7) is 10.8. The lowest BCUT2D eigenvalue weighted by Crippen LogP contribution is -2.18. The Bertz CT molecular complexity index is 309. The third kappa shape index (κ3) is 3.85. The Morgan fingerprint density at radius 3 is 2.88 bits per heavy atom. The van der Waals surface area contributed by atoms with E-state index in [2.05, 4.69) is 34.9 Å². The molecule has 0 aliphatic rings. The number of nitrogens with zero attached hydrogens (tertiary/aromatic N) is 2. The van der Waals surface area contributed by atoms with E-state index in [1.165, 1.54) is 0 Å². The van der Waals surface area contributed by atoms with Gasteiger partial charge in [-0.05, 0) is 27.2 Å². The second kappa shape index (κ2) is 6.53. The van der Waals surface area contributed by atoms with Crippen LogP contribution in [0.15, 0.2) is 6.20 Å². The number of anilines is 1.